The van der Waals surface area contributed by atoms with Gasteiger partial charge in [-0.05, 0) is 40.1 Å². The Morgan fingerprint density at radius 2 is 1.86 bits per heavy atom. The maximum absolute atomic E-state index is 12.9. The van der Waals surface area contributed by atoms with Gasteiger partial charge in [0.15, 0.2) is 5.65 Å². The van der Waals surface area contributed by atoms with Gasteiger partial charge in [0.2, 0.25) is 5.91 Å². The Kier molecular flexibility index (Phi) is 6.12. The average molecular weight is 396 g/mol. The Morgan fingerprint density at radius 3 is 2.52 bits per heavy atom. The van der Waals surface area contributed by atoms with E-state index < -0.39 is 0 Å². The highest BCUT2D eigenvalue weighted by Crippen LogP contribution is 2.19. The molecule has 0 saturated heterocycles. The summed E-state index contributed by atoms with van der Waals surface area (Å²) in [5, 5.41) is 7.46. The first kappa shape index (κ1) is 20.7. The van der Waals surface area contributed by atoms with Crippen LogP contribution in [0.4, 0.5) is 0 Å². The normalized spacial score (nSPS) is 11.4. The number of fused-ring (bicyclic) bond motifs is 1. The third kappa shape index (κ3) is 4.54. The van der Waals surface area contributed by atoms with Crippen molar-refractivity contribution in [2.75, 3.05) is 27.2 Å². The van der Waals surface area contributed by atoms with E-state index in [2.05, 4.69) is 15.4 Å². The number of carbonyl (C=O) groups excluding carboxylic acids is 1. The molecular weight excluding hydrogens is 368 g/mol. The number of hydrogen-bond acceptors (Lipinski definition) is 5. The number of aromatic nitrogens is 4. The highest BCUT2D eigenvalue weighted by molar-refractivity contribution is 5.77. The van der Waals surface area contributed by atoms with Crippen LogP contribution >= 0.6 is 0 Å². The maximum atomic E-state index is 12.9. The van der Waals surface area contributed by atoms with Crippen LogP contribution in [0, 0.1) is 13.8 Å². The molecule has 2 heterocycles. The van der Waals surface area contributed by atoms with Crippen LogP contribution in [0.3, 0.4) is 0 Å². The van der Waals surface area contributed by atoms with E-state index in [-0.39, 0.29) is 17.9 Å². The molecule has 0 atom stereocenters. The predicted molar refractivity (Wildman–Crippen MR) is 113 cm³/mol. The minimum Gasteiger partial charge on any atom is -0.355 e. The molecule has 0 aliphatic heterocycles. The van der Waals surface area contributed by atoms with E-state index in [0.29, 0.717) is 29.8 Å². The first-order valence-corrected chi connectivity index (χ1v) is 9.71. The molecule has 0 aliphatic rings. The lowest BCUT2D eigenvalue weighted by molar-refractivity contribution is -0.121. The van der Waals surface area contributed by atoms with Crippen LogP contribution in [-0.2, 0) is 18.3 Å². The van der Waals surface area contributed by atoms with Gasteiger partial charge in [0.25, 0.3) is 5.56 Å². The fraction of sp³-hybridized carbons (Fsp3) is 0.429. The number of carbonyl (C=O) groups is 1. The number of likely N-dealkylation sites (N-methyl/N-ethyl adjacent to an activating group) is 1. The van der Waals surface area contributed by atoms with E-state index in [1.165, 1.54) is 0 Å². The summed E-state index contributed by atoms with van der Waals surface area (Å²) in [6, 6.07) is 7.95. The second-order valence-corrected chi connectivity index (χ2v) is 7.58. The molecule has 8 nitrogen and oxygen atoms in total. The summed E-state index contributed by atoms with van der Waals surface area (Å²) in [4.78, 5) is 31.5. The van der Waals surface area contributed by atoms with E-state index >= 15 is 0 Å². The molecule has 3 rings (SSSR count). The van der Waals surface area contributed by atoms with Crippen molar-refractivity contribution in [2.24, 2.45) is 7.05 Å². The average Bonchev–Trinajstić information content (AvgIpc) is 3.00. The molecule has 0 saturated carbocycles. The summed E-state index contributed by atoms with van der Waals surface area (Å²) in [6.45, 7) is 5.26. The molecule has 0 aliphatic carbocycles. The van der Waals surface area contributed by atoms with Crippen LogP contribution in [0.2, 0.25) is 0 Å². The largest absolute Gasteiger partial charge is 0.355 e. The molecule has 8 heteroatoms. The van der Waals surface area contributed by atoms with Crippen LogP contribution in [-0.4, -0.2) is 57.3 Å². The van der Waals surface area contributed by atoms with E-state index in [1.807, 2.05) is 57.1 Å². The Hall–Kier alpha value is -3.00. The van der Waals surface area contributed by atoms with Gasteiger partial charge in [0, 0.05) is 33.0 Å². The number of nitrogens with zero attached hydrogens (tertiary/aromatic N) is 5. The Balaban J connectivity index is 1.87. The van der Waals surface area contributed by atoms with Gasteiger partial charge in [-0.15, -0.1) is 0 Å². The third-order valence-electron chi connectivity index (χ3n) is 4.87. The van der Waals surface area contributed by atoms with Crippen molar-refractivity contribution in [2.45, 2.75) is 26.7 Å². The van der Waals surface area contributed by atoms with Crippen LogP contribution in [0.1, 0.15) is 23.4 Å². The summed E-state index contributed by atoms with van der Waals surface area (Å²) < 4.78 is 3.32. The van der Waals surface area contributed by atoms with Crippen LogP contribution < -0.4 is 10.9 Å². The molecule has 0 bridgehead atoms. The van der Waals surface area contributed by atoms with Gasteiger partial charge in [-0.2, -0.15) is 5.10 Å². The number of amides is 1. The monoisotopic (exact) mass is 396 g/mol. The molecule has 0 radical (unpaired) electrons. The number of hydrogen-bond donors (Lipinski definition) is 1. The van der Waals surface area contributed by atoms with Crippen molar-refractivity contribution < 1.29 is 4.79 Å². The molecule has 0 spiro atoms. The first-order valence-electron chi connectivity index (χ1n) is 9.71. The molecule has 1 aromatic carbocycles. The molecule has 0 fully saturated rings. The third-order valence-corrected chi connectivity index (χ3v) is 4.87. The maximum Gasteiger partial charge on any atom is 0.273 e. The van der Waals surface area contributed by atoms with Gasteiger partial charge in [-0.1, -0.05) is 17.7 Å². The summed E-state index contributed by atoms with van der Waals surface area (Å²) >= 11 is 0. The molecule has 154 valence electrons. The predicted octanol–water partition coefficient (Wildman–Crippen LogP) is 1.35. The molecule has 0 unspecified atom stereocenters. The van der Waals surface area contributed by atoms with E-state index in [0.717, 1.165) is 23.5 Å². The molecule has 2 aromatic heterocycles. The fourth-order valence-electron chi connectivity index (χ4n) is 3.18. The number of benzene rings is 1. The molecule has 29 heavy (non-hydrogen) atoms. The second kappa shape index (κ2) is 8.57. The molecule has 3 aromatic rings. The minimum absolute atomic E-state index is 0.0807. The minimum atomic E-state index is -0.202. The van der Waals surface area contributed by atoms with Gasteiger partial charge < -0.3 is 10.2 Å². The Morgan fingerprint density at radius 1 is 1.17 bits per heavy atom. The van der Waals surface area contributed by atoms with Gasteiger partial charge in [-0.3, -0.25) is 14.2 Å². The van der Waals surface area contributed by atoms with Gasteiger partial charge in [-0.25, -0.2) is 9.67 Å². The Bertz CT molecular complexity index is 1080. The van der Waals surface area contributed by atoms with Crippen molar-refractivity contribution >= 4 is 17.1 Å². The zero-order valence-electron chi connectivity index (χ0n) is 17.7. The number of aryl methyl sites for hydroxylation is 4. The van der Waals surface area contributed by atoms with Crippen LogP contribution in [0.5, 0.6) is 0 Å². The topological polar surface area (TPSA) is 85.1 Å². The summed E-state index contributed by atoms with van der Waals surface area (Å²) in [6.07, 6.45) is 0.526. The fourth-order valence-corrected chi connectivity index (χ4v) is 3.18. The van der Waals surface area contributed by atoms with Gasteiger partial charge in [0.1, 0.15) is 11.2 Å². The smallest absolute Gasteiger partial charge is 0.273 e. The summed E-state index contributed by atoms with van der Waals surface area (Å²) in [5.41, 5.74) is 4.28. The lowest BCUT2D eigenvalue weighted by atomic mass is 10.2. The molecule has 1 N–H and O–H groups in total. The standard InChI is InChI=1S/C21H28N6O2/c1-14-6-8-16(9-7-14)27-20-19(15(2)24-27)23-17(21(29)26(20)5)10-11-18(28)22-12-13-25(3)4/h6-9H,10-13H2,1-5H3,(H,22,28). The van der Waals surface area contributed by atoms with Crippen molar-refractivity contribution in [1.29, 1.82) is 0 Å². The van der Waals surface area contributed by atoms with Crippen molar-refractivity contribution in [3.63, 3.8) is 0 Å². The highest BCUT2D eigenvalue weighted by atomic mass is 16.1. The Labute approximate surface area is 170 Å². The first-order chi connectivity index (χ1) is 13.8. The van der Waals surface area contributed by atoms with Gasteiger partial charge >= 0.3 is 0 Å². The number of nitrogens with one attached hydrogen (secondary N) is 1. The zero-order valence-corrected chi connectivity index (χ0v) is 17.7. The summed E-state index contributed by atoms with van der Waals surface area (Å²) in [5.74, 6) is -0.0807. The van der Waals surface area contributed by atoms with Crippen molar-refractivity contribution in [1.82, 2.24) is 29.5 Å². The lowest BCUT2D eigenvalue weighted by Crippen LogP contribution is -2.32. The van der Waals surface area contributed by atoms with Crippen LogP contribution in [0.15, 0.2) is 29.1 Å². The molecular formula is C21H28N6O2. The van der Waals surface area contributed by atoms with Crippen molar-refractivity contribution in [3.05, 3.63) is 51.6 Å². The molecule has 1 amide bonds. The highest BCUT2D eigenvalue weighted by Gasteiger charge is 2.18. The SMILES string of the molecule is Cc1ccc(-n2nc(C)c3nc(CCC(=O)NCCN(C)C)c(=O)n(C)c32)cc1. The number of rotatable bonds is 7. The van der Waals surface area contributed by atoms with E-state index in [1.54, 1.807) is 16.3 Å². The second-order valence-electron chi connectivity index (χ2n) is 7.58. The van der Waals surface area contributed by atoms with Gasteiger partial charge in [0.05, 0.1) is 11.4 Å². The summed E-state index contributed by atoms with van der Waals surface area (Å²) in [7, 11) is 5.63. The quantitative estimate of drug-likeness (QED) is 0.652. The van der Waals surface area contributed by atoms with E-state index in [4.69, 9.17) is 0 Å². The lowest BCUT2D eigenvalue weighted by Gasteiger charge is -2.11. The van der Waals surface area contributed by atoms with E-state index in [9.17, 15) is 9.59 Å². The van der Waals surface area contributed by atoms with Crippen molar-refractivity contribution in [3.8, 4) is 5.69 Å². The van der Waals surface area contributed by atoms with Crippen LogP contribution in [0.25, 0.3) is 16.9 Å². The zero-order chi connectivity index (χ0) is 21.1.